The molecule has 0 atom stereocenters. The lowest BCUT2D eigenvalue weighted by Crippen LogP contribution is -1.96. The van der Waals surface area contributed by atoms with Gasteiger partial charge in [0.05, 0.1) is 22.6 Å². The lowest BCUT2D eigenvalue weighted by molar-refractivity contribution is 1.18. The third kappa shape index (κ3) is 5.25. The van der Waals surface area contributed by atoms with Crippen molar-refractivity contribution < 1.29 is 0 Å². The fourth-order valence-electron chi connectivity index (χ4n) is 7.08. The van der Waals surface area contributed by atoms with E-state index in [2.05, 4.69) is 164 Å². The van der Waals surface area contributed by atoms with Crippen molar-refractivity contribution in [3.63, 3.8) is 0 Å². The molecule has 0 aliphatic carbocycles. The second-order valence-electron chi connectivity index (χ2n) is 12.8. The highest BCUT2D eigenvalue weighted by atomic mass is 32.1. The quantitative estimate of drug-likeness (QED) is 0.171. The van der Waals surface area contributed by atoms with Crippen molar-refractivity contribution in [2.24, 2.45) is 0 Å². The molecule has 3 heterocycles. The standard InChI is InChI=1S/C47H29N3S/c1-3-11-30(12-4-1)31-19-25-35(26-20-31)47-49-40(32-13-5-2-6-14-32)29-41(50-47)33-21-23-34(24-22-33)45-44-38-17-9-10-18-43(38)51-46(44)39-27-36-15-7-8-16-37(36)28-42(39)48-45/h1-29H. The highest BCUT2D eigenvalue weighted by Gasteiger charge is 2.18. The number of fused-ring (bicyclic) bond motifs is 6. The number of hydrogen-bond acceptors (Lipinski definition) is 4. The Labute approximate surface area is 299 Å². The van der Waals surface area contributed by atoms with E-state index in [1.54, 1.807) is 0 Å². The summed E-state index contributed by atoms with van der Waals surface area (Å²) < 4.78 is 2.55. The largest absolute Gasteiger partial charge is 0.247 e. The van der Waals surface area contributed by atoms with Gasteiger partial charge in [0.2, 0.25) is 0 Å². The first-order chi connectivity index (χ1) is 25.2. The molecule has 0 bridgehead atoms. The SMILES string of the molecule is c1ccc(-c2ccc(-c3nc(-c4ccccc4)cc(-c4ccc(-c5nc6cc7ccccc7cc6c6sc7ccccc7c56)cc4)n3)cc2)cc1. The molecule has 7 aromatic carbocycles. The summed E-state index contributed by atoms with van der Waals surface area (Å²) >= 11 is 1.85. The Morgan fingerprint density at radius 2 is 0.902 bits per heavy atom. The van der Waals surface area contributed by atoms with Gasteiger partial charge in [-0.25, -0.2) is 15.0 Å². The summed E-state index contributed by atoms with van der Waals surface area (Å²) in [6.07, 6.45) is 0. The molecule has 0 N–H and O–H groups in total. The van der Waals surface area contributed by atoms with Crippen LogP contribution in [0.1, 0.15) is 0 Å². The molecule has 0 saturated heterocycles. The molecule has 0 saturated carbocycles. The molecule has 0 aliphatic rings. The average Bonchev–Trinajstić information content (AvgIpc) is 3.61. The fourth-order valence-corrected chi connectivity index (χ4v) is 8.31. The number of hydrogen-bond donors (Lipinski definition) is 0. The topological polar surface area (TPSA) is 38.7 Å². The van der Waals surface area contributed by atoms with Gasteiger partial charge in [0.1, 0.15) is 0 Å². The summed E-state index contributed by atoms with van der Waals surface area (Å²) in [4.78, 5) is 15.6. The van der Waals surface area contributed by atoms with Crippen LogP contribution in [-0.4, -0.2) is 15.0 Å². The number of rotatable bonds is 5. The minimum atomic E-state index is 0.699. The molecule has 0 fully saturated rings. The third-order valence-corrected chi connectivity index (χ3v) is 10.9. The zero-order chi connectivity index (χ0) is 33.7. The van der Waals surface area contributed by atoms with Gasteiger partial charge < -0.3 is 0 Å². The van der Waals surface area contributed by atoms with Crippen molar-refractivity contribution >= 4 is 53.2 Å². The minimum absolute atomic E-state index is 0.699. The van der Waals surface area contributed by atoms with Gasteiger partial charge in [-0.15, -0.1) is 11.3 Å². The van der Waals surface area contributed by atoms with Crippen LogP contribution < -0.4 is 0 Å². The molecule has 51 heavy (non-hydrogen) atoms. The summed E-state index contributed by atoms with van der Waals surface area (Å²) in [5.41, 5.74) is 10.3. The van der Waals surface area contributed by atoms with Crippen LogP contribution in [0.2, 0.25) is 0 Å². The van der Waals surface area contributed by atoms with E-state index in [4.69, 9.17) is 15.0 Å². The van der Waals surface area contributed by atoms with Gasteiger partial charge in [0, 0.05) is 47.8 Å². The molecule has 4 heteroatoms. The van der Waals surface area contributed by atoms with Crippen molar-refractivity contribution in [2.75, 3.05) is 0 Å². The van der Waals surface area contributed by atoms with Crippen molar-refractivity contribution in [2.45, 2.75) is 0 Å². The van der Waals surface area contributed by atoms with Crippen LogP contribution in [0.25, 0.3) is 98.1 Å². The van der Waals surface area contributed by atoms with Gasteiger partial charge in [0.15, 0.2) is 5.82 Å². The summed E-state index contributed by atoms with van der Waals surface area (Å²) in [6.45, 7) is 0. The molecule has 10 rings (SSSR count). The van der Waals surface area contributed by atoms with E-state index in [9.17, 15) is 0 Å². The first kappa shape index (κ1) is 29.4. The smallest absolute Gasteiger partial charge is 0.160 e. The van der Waals surface area contributed by atoms with Crippen LogP contribution in [-0.2, 0) is 0 Å². The lowest BCUT2D eigenvalue weighted by Gasteiger charge is -2.12. The number of thiophene rings is 1. The molecule has 238 valence electrons. The monoisotopic (exact) mass is 667 g/mol. The van der Waals surface area contributed by atoms with E-state index >= 15 is 0 Å². The number of benzene rings is 7. The molecule has 0 spiro atoms. The predicted molar refractivity (Wildman–Crippen MR) is 215 cm³/mol. The van der Waals surface area contributed by atoms with Crippen LogP contribution in [0.3, 0.4) is 0 Å². The van der Waals surface area contributed by atoms with Crippen LogP contribution in [0.5, 0.6) is 0 Å². The maximum atomic E-state index is 5.37. The maximum absolute atomic E-state index is 5.37. The van der Waals surface area contributed by atoms with Gasteiger partial charge in [-0.05, 0) is 46.2 Å². The summed E-state index contributed by atoms with van der Waals surface area (Å²) in [5, 5.41) is 6.08. The Morgan fingerprint density at radius 3 is 1.63 bits per heavy atom. The fraction of sp³-hybridized carbons (Fsp3) is 0. The summed E-state index contributed by atoms with van der Waals surface area (Å²) in [5.74, 6) is 0.699. The zero-order valence-electron chi connectivity index (χ0n) is 27.5. The van der Waals surface area contributed by atoms with E-state index in [1.807, 2.05) is 23.5 Å². The van der Waals surface area contributed by atoms with Gasteiger partial charge in [-0.2, -0.15) is 0 Å². The Morgan fingerprint density at radius 1 is 0.373 bits per heavy atom. The van der Waals surface area contributed by atoms with Crippen molar-refractivity contribution in [3.05, 3.63) is 176 Å². The van der Waals surface area contributed by atoms with Crippen LogP contribution >= 0.6 is 11.3 Å². The second kappa shape index (κ2) is 12.1. The van der Waals surface area contributed by atoms with Gasteiger partial charge in [-0.1, -0.05) is 152 Å². The van der Waals surface area contributed by atoms with E-state index < -0.39 is 0 Å². The molecule has 10 aromatic rings. The van der Waals surface area contributed by atoms with E-state index in [1.165, 1.54) is 41.9 Å². The molecule has 0 radical (unpaired) electrons. The number of aromatic nitrogens is 3. The van der Waals surface area contributed by atoms with E-state index in [-0.39, 0.29) is 0 Å². The molecule has 0 amide bonds. The molecule has 0 unspecified atom stereocenters. The molecular formula is C47H29N3S. The zero-order valence-corrected chi connectivity index (χ0v) is 28.3. The third-order valence-electron chi connectivity index (χ3n) is 9.67. The highest BCUT2D eigenvalue weighted by molar-refractivity contribution is 7.26. The predicted octanol–water partition coefficient (Wildman–Crippen LogP) is 12.9. The minimum Gasteiger partial charge on any atom is -0.247 e. The number of pyridine rings is 1. The van der Waals surface area contributed by atoms with Crippen molar-refractivity contribution in [1.82, 2.24) is 15.0 Å². The Bertz CT molecular complexity index is 2880. The lowest BCUT2D eigenvalue weighted by atomic mass is 9.99. The molecular weight excluding hydrogens is 639 g/mol. The van der Waals surface area contributed by atoms with Crippen LogP contribution in [0, 0.1) is 0 Å². The molecule has 3 nitrogen and oxygen atoms in total. The van der Waals surface area contributed by atoms with Crippen LogP contribution in [0.4, 0.5) is 0 Å². The Balaban J connectivity index is 1.10. The normalized spacial score (nSPS) is 11.5. The van der Waals surface area contributed by atoms with Gasteiger partial charge in [0.25, 0.3) is 0 Å². The highest BCUT2D eigenvalue weighted by Crippen LogP contribution is 2.43. The van der Waals surface area contributed by atoms with E-state index in [0.717, 1.165) is 50.4 Å². The first-order valence-electron chi connectivity index (χ1n) is 17.1. The van der Waals surface area contributed by atoms with E-state index in [0.29, 0.717) is 5.82 Å². The van der Waals surface area contributed by atoms with Gasteiger partial charge >= 0.3 is 0 Å². The van der Waals surface area contributed by atoms with Gasteiger partial charge in [-0.3, -0.25) is 0 Å². The average molecular weight is 668 g/mol. The van der Waals surface area contributed by atoms with Crippen LogP contribution in [0.15, 0.2) is 176 Å². The maximum Gasteiger partial charge on any atom is 0.160 e. The van der Waals surface area contributed by atoms with Crippen molar-refractivity contribution in [1.29, 1.82) is 0 Å². The summed E-state index contributed by atoms with van der Waals surface area (Å²) in [7, 11) is 0. The summed E-state index contributed by atoms with van der Waals surface area (Å²) in [6, 6.07) is 61.8. The number of nitrogens with zero attached hydrogens (tertiary/aromatic N) is 3. The first-order valence-corrected chi connectivity index (χ1v) is 17.9. The Hall–Kier alpha value is -6.49. The Kier molecular flexibility index (Phi) is 7.00. The molecule has 3 aromatic heterocycles. The second-order valence-corrected chi connectivity index (χ2v) is 13.9. The van der Waals surface area contributed by atoms with Crippen molar-refractivity contribution in [3.8, 4) is 56.3 Å². The molecule has 0 aliphatic heterocycles.